The van der Waals surface area contributed by atoms with Crippen LogP contribution in [-0.4, -0.2) is 56.5 Å². The molecule has 1 saturated heterocycles. The van der Waals surface area contributed by atoms with Crippen molar-refractivity contribution >= 4 is 0 Å². The average Bonchev–Trinajstić information content (AvgIpc) is 2.67. The van der Waals surface area contributed by atoms with Gasteiger partial charge in [0.15, 0.2) is 0 Å². The van der Waals surface area contributed by atoms with E-state index in [9.17, 15) is 20.4 Å². The summed E-state index contributed by atoms with van der Waals surface area (Å²) in [5.74, 6) is 0.110. The highest BCUT2D eigenvalue weighted by Crippen LogP contribution is 2.29. The second kappa shape index (κ2) is 5.21. The molecule has 1 heterocycles. The maximum Gasteiger partial charge on any atom is 0.115 e. The molecule has 0 amide bonds. The topological polar surface area (TPSA) is 113 Å². The lowest BCUT2D eigenvalue weighted by Gasteiger charge is -2.19. The van der Waals surface area contributed by atoms with E-state index in [1.54, 1.807) is 12.1 Å². The number of nitrogens with one attached hydrogen (secondary N) is 1. The number of aliphatic hydroxyl groups is 4. The van der Waals surface area contributed by atoms with Crippen molar-refractivity contribution in [2.75, 3.05) is 6.61 Å². The van der Waals surface area contributed by atoms with Crippen LogP contribution in [0.25, 0.3) is 0 Å². The predicted octanol–water partition coefficient (Wildman–Crippen LogP) is -1.52. The fourth-order valence-electron chi connectivity index (χ4n) is 2.24. The Bertz CT molecular complexity index is 396. The van der Waals surface area contributed by atoms with Gasteiger partial charge in [-0.15, -0.1) is 0 Å². The largest absolute Gasteiger partial charge is 0.508 e. The number of rotatable bonds is 3. The van der Waals surface area contributed by atoms with Crippen LogP contribution in [0.3, 0.4) is 0 Å². The quantitative estimate of drug-likeness (QED) is 0.391. The number of benzene rings is 1. The van der Waals surface area contributed by atoms with Gasteiger partial charge in [-0.25, -0.2) is 0 Å². The maximum atomic E-state index is 9.93. The Balaban J connectivity index is 2.18. The van der Waals surface area contributed by atoms with Crippen LogP contribution in [0.2, 0.25) is 0 Å². The van der Waals surface area contributed by atoms with E-state index < -0.39 is 37.0 Å². The van der Waals surface area contributed by atoms with Crippen molar-refractivity contribution in [3.63, 3.8) is 0 Å². The molecule has 1 aliphatic rings. The number of phenols is 1. The highest BCUT2D eigenvalue weighted by Gasteiger charge is 2.44. The molecule has 5 atom stereocenters. The Morgan fingerprint density at radius 1 is 1.11 bits per heavy atom. The lowest BCUT2D eigenvalue weighted by Crippen LogP contribution is -2.44. The normalized spacial score (nSPS) is 33.6. The molecule has 0 saturated carbocycles. The Morgan fingerprint density at radius 3 is 2.28 bits per heavy atom. The summed E-state index contributed by atoms with van der Waals surface area (Å²) >= 11 is 0. The summed E-state index contributed by atoms with van der Waals surface area (Å²) < 4.78 is 0. The van der Waals surface area contributed by atoms with Gasteiger partial charge < -0.3 is 25.5 Å². The standard InChI is InChI=1S/C12H17NO5/c14-5-8(16)10-12(18)11(17)9(13-10)6-1-3-7(15)4-2-6/h1-4,8-18H,5H2/t8?,9-,10+,11-,12-/m0/s1. The van der Waals surface area contributed by atoms with Gasteiger partial charge in [-0.05, 0) is 17.7 Å². The van der Waals surface area contributed by atoms with Crippen LogP contribution in [0.5, 0.6) is 5.75 Å². The van der Waals surface area contributed by atoms with Gasteiger partial charge in [-0.2, -0.15) is 0 Å². The maximum absolute atomic E-state index is 9.93. The molecule has 1 unspecified atom stereocenters. The van der Waals surface area contributed by atoms with E-state index in [1.165, 1.54) is 12.1 Å². The molecule has 0 spiro atoms. The van der Waals surface area contributed by atoms with Crippen LogP contribution in [0, 0.1) is 0 Å². The van der Waals surface area contributed by atoms with Crippen LogP contribution < -0.4 is 5.32 Å². The van der Waals surface area contributed by atoms with Gasteiger partial charge in [-0.3, -0.25) is 5.32 Å². The van der Waals surface area contributed by atoms with E-state index in [-0.39, 0.29) is 5.75 Å². The molecule has 1 fully saturated rings. The minimum atomic E-state index is -1.16. The van der Waals surface area contributed by atoms with Crippen molar-refractivity contribution in [3.05, 3.63) is 29.8 Å². The lowest BCUT2D eigenvalue weighted by atomic mass is 10.00. The zero-order valence-corrected chi connectivity index (χ0v) is 9.64. The summed E-state index contributed by atoms with van der Waals surface area (Å²) in [4.78, 5) is 0. The van der Waals surface area contributed by atoms with E-state index >= 15 is 0 Å². The van der Waals surface area contributed by atoms with Crippen molar-refractivity contribution in [3.8, 4) is 5.75 Å². The smallest absolute Gasteiger partial charge is 0.115 e. The second-order valence-electron chi connectivity index (χ2n) is 4.49. The lowest BCUT2D eigenvalue weighted by molar-refractivity contribution is -0.0130. The summed E-state index contributed by atoms with van der Waals surface area (Å²) in [6.45, 7) is -0.496. The Labute approximate surface area is 104 Å². The Hall–Kier alpha value is -1.18. The number of phenolic OH excluding ortho intramolecular Hbond substituents is 1. The SMILES string of the molecule is OCC(O)[C@H]1N[C@@H](c2ccc(O)cc2)[C@H](O)[C@H]1O. The minimum Gasteiger partial charge on any atom is -0.508 e. The van der Waals surface area contributed by atoms with Crippen LogP contribution in [0.1, 0.15) is 11.6 Å². The monoisotopic (exact) mass is 255 g/mol. The molecule has 6 nitrogen and oxygen atoms in total. The van der Waals surface area contributed by atoms with E-state index in [4.69, 9.17) is 5.11 Å². The highest BCUT2D eigenvalue weighted by atomic mass is 16.3. The van der Waals surface area contributed by atoms with Crippen molar-refractivity contribution in [1.82, 2.24) is 5.32 Å². The first kappa shape index (κ1) is 13.3. The van der Waals surface area contributed by atoms with Gasteiger partial charge in [0.25, 0.3) is 0 Å². The first-order valence-electron chi connectivity index (χ1n) is 5.74. The van der Waals surface area contributed by atoms with Gasteiger partial charge in [0.05, 0.1) is 30.9 Å². The third-order valence-electron chi connectivity index (χ3n) is 3.29. The number of hydrogen-bond acceptors (Lipinski definition) is 6. The first-order valence-corrected chi connectivity index (χ1v) is 5.74. The molecule has 0 aliphatic carbocycles. The van der Waals surface area contributed by atoms with Gasteiger partial charge in [0, 0.05) is 0 Å². The van der Waals surface area contributed by atoms with Crippen molar-refractivity contribution in [2.45, 2.75) is 30.4 Å². The molecule has 0 radical (unpaired) electrons. The molecule has 1 aliphatic heterocycles. The van der Waals surface area contributed by atoms with Crippen LogP contribution in [0.15, 0.2) is 24.3 Å². The number of hydrogen-bond donors (Lipinski definition) is 6. The van der Waals surface area contributed by atoms with Gasteiger partial charge in [0.1, 0.15) is 11.9 Å². The minimum absolute atomic E-state index is 0.110. The Kier molecular flexibility index (Phi) is 3.84. The molecule has 0 bridgehead atoms. The van der Waals surface area contributed by atoms with Gasteiger partial charge in [-0.1, -0.05) is 12.1 Å². The number of aliphatic hydroxyl groups excluding tert-OH is 4. The molecule has 6 heteroatoms. The summed E-state index contributed by atoms with van der Waals surface area (Å²) in [6.07, 6.45) is -3.39. The van der Waals surface area contributed by atoms with Crippen LogP contribution in [0.4, 0.5) is 0 Å². The van der Waals surface area contributed by atoms with Crippen molar-refractivity contribution < 1.29 is 25.5 Å². The molecular weight excluding hydrogens is 238 g/mol. The zero-order chi connectivity index (χ0) is 13.3. The molecular formula is C12H17NO5. The molecule has 1 aromatic carbocycles. The fraction of sp³-hybridized carbons (Fsp3) is 0.500. The van der Waals surface area contributed by atoms with E-state index in [2.05, 4.69) is 5.32 Å². The van der Waals surface area contributed by atoms with E-state index in [0.29, 0.717) is 5.56 Å². The van der Waals surface area contributed by atoms with Crippen LogP contribution in [-0.2, 0) is 0 Å². The fourth-order valence-corrected chi connectivity index (χ4v) is 2.24. The third-order valence-corrected chi connectivity index (χ3v) is 3.29. The van der Waals surface area contributed by atoms with Crippen molar-refractivity contribution in [2.24, 2.45) is 0 Å². The van der Waals surface area contributed by atoms with Gasteiger partial charge in [0.2, 0.25) is 0 Å². The summed E-state index contributed by atoms with van der Waals surface area (Å²) in [5.41, 5.74) is 0.687. The van der Waals surface area contributed by atoms with Crippen LogP contribution >= 0.6 is 0 Å². The first-order chi connectivity index (χ1) is 8.54. The molecule has 2 rings (SSSR count). The van der Waals surface area contributed by atoms with E-state index in [1.807, 2.05) is 0 Å². The molecule has 1 aromatic rings. The summed E-state index contributed by atoms with van der Waals surface area (Å²) in [7, 11) is 0. The second-order valence-corrected chi connectivity index (χ2v) is 4.49. The summed E-state index contributed by atoms with van der Waals surface area (Å²) in [5, 5.41) is 50.2. The molecule has 100 valence electrons. The number of aromatic hydroxyl groups is 1. The molecule has 0 aromatic heterocycles. The molecule has 18 heavy (non-hydrogen) atoms. The predicted molar refractivity (Wildman–Crippen MR) is 62.9 cm³/mol. The average molecular weight is 255 g/mol. The van der Waals surface area contributed by atoms with E-state index in [0.717, 1.165) is 0 Å². The van der Waals surface area contributed by atoms with Gasteiger partial charge >= 0.3 is 0 Å². The third kappa shape index (κ3) is 2.33. The Morgan fingerprint density at radius 2 is 1.72 bits per heavy atom. The highest BCUT2D eigenvalue weighted by molar-refractivity contribution is 5.30. The zero-order valence-electron chi connectivity index (χ0n) is 9.64. The van der Waals surface area contributed by atoms with Crippen molar-refractivity contribution in [1.29, 1.82) is 0 Å². The molecule has 6 N–H and O–H groups in total. The summed E-state index contributed by atoms with van der Waals surface area (Å²) in [6, 6.07) is 4.86.